The molecule has 1 fully saturated rings. The molecule has 1 atom stereocenters. The van der Waals surface area contributed by atoms with Gasteiger partial charge in [-0.05, 0) is 25.0 Å². The molecular weight excluding hydrogens is 406 g/mol. The highest BCUT2D eigenvalue weighted by atomic mass is 35.5. The fraction of sp³-hybridized carbons (Fsp3) is 0.190. The molecule has 4 aromatic rings. The van der Waals surface area contributed by atoms with Crippen molar-refractivity contribution in [3.63, 3.8) is 0 Å². The third-order valence-corrected chi connectivity index (χ3v) is 5.15. The molecule has 9 heteroatoms. The van der Waals surface area contributed by atoms with Crippen molar-refractivity contribution in [1.82, 2.24) is 20.2 Å². The smallest absolute Gasteiger partial charge is 0.291 e. The summed E-state index contributed by atoms with van der Waals surface area (Å²) in [6, 6.07) is 13.1. The van der Waals surface area contributed by atoms with Gasteiger partial charge in [-0.3, -0.25) is 9.89 Å². The van der Waals surface area contributed by atoms with Gasteiger partial charge in [-0.1, -0.05) is 41.9 Å². The number of halogens is 1. The standard InChI is InChI=1S/C21H18ClN5O3/c22-15-9-12(8-13-10-23-27-16(13)15)18-17(11-4-2-1-3-5-11)24-19(20(28)25-18)26-21(29)30-14-6-7-14/h1-5,8-10,14,21,29H,6-7H2,(H,23,27)(H,24,26)(H,25,28). The molecule has 0 radical (unpaired) electrons. The van der Waals surface area contributed by atoms with Crippen molar-refractivity contribution >= 4 is 28.3 Å². The Labute approximate surface area is 175 Å². The van der Waals surface area contributed by atoms with Crippen molar-refractivity contribution in [2.45, 2.75) is 25.4 Å². The van der Waals surface area contributed by atoms with Crippen LogP contribution >= 0.6 is 11.6 Å². The normalized spacial score (nSPS) is 14.7. The zero-order valence-corrected chi connectivity index (χ0v) is 16.5. The minimum absolute atomic E-state index is 0.0169. The molecule has 30 heavy (non-hydrogen) atoms. The molecule has 0 bridgehead atoms. The van der Waals surface area contributed by atoms with Crippen LogP contribution in [0, 0.1) is 0 Å². The van der Waals surface area contributed by atoms with Gasteiger partial charge in [0.25, 0.3) is 5.56 Å². The van der Waals surface area contributed by atoms with E-state index >= 15 is 0 Å². The van der Waals surface area contributed by atoms with E-state index in [0.717, 1.165) is 29.3 Å². The molecule has 152 valence electrons. The number of fused-ring (bicyclic) bond motifs is 1. The molecule has 0 amide bonds. The first-order valence-electron chi connectivity index (χ1n) is 9.51. The second-order valence-electron chi connectivity index (χ2n) is 7.13. The molecule has 0 aliphatic heterocycles. The van der Waals surface area contributed by atoms with Gasteiger partial charge < -0.3 is 20.1 Å². The Kier molecular flexibility index (Phi) is 4.74. The highest BCUT2D eigenvalue weighted by molar-refractivity contribution is 6.35. The van der Waals surface area contributed by atoms with Crippen molar-refractivity contribution in [2.24, 2.45) is 0 Å². The predicted octanol–water partition coefficient (Wildman–Crippen LogP) is 3.50. The molecule has 4 N–H and O–H groups in total. The van der Waals surface area contributed by atoms with Gasteiger partial charge in [-0.25, -0.2) is 4.98 Å². The van der Waals surface area contributed by atoms with Crippen LogP contribution in [0.25, 0.3) is 33.4 Å². The highest BCUT2D eigenvalue weighted by Gasteiger charge is 2.26. The number of H-pyrrole nitrogens is 2. The SMILES string of the molecule is O=c1[nH]c(-c2cc(Cl)c3[nH]ncc3c2)c(-c2ccccc2)nc1NC(O)OC1CC1. The summed E-state index contributed by atoms with van der Waals surface area (Å²) in [6.45, 7) is 0. The molecule has 2 heterocycles. The number of anilines is 1. The first-order chi connectivity index (χ1) is 14.6. The zero-order chi connectivity index (χ0) is 20.7. The molecule has 8 nitrogen and oxygen atoms in total. The number of aliphatic hydroxyl groups is 1. The summed E-state index contributed by atoms with van der Waals surface area (Å²) in [5, 5.41) is 20.9. The van der Waals surface area contributed by atoms with Crippen LogP contribution in [0.2, 0.25) is 5.02 Å². The van der Waals surface area contributed by atoms with Gasteiger partial charge in [-0.2, -0.15) is 5.10 Å². The molecule has 1 saturated carbocycles. The largest absolute Gasteiger partial charge is 0.351 e. The lowest BCUT2D eigenvalue weighted by molar-refractivity contribution is -0.0872. The van der Waals surface area contributed by atoms with Crippen LogP contribution < -0.4 is 10.9 Å². The lowest BCUT2D eigenvalue weighted by Crippen LogP contribution is -2.28. The fourth-order valence-electron chi connectivity index (χ4n) is 3.26. The van der Waals surface area contributed by atoms with Crippen LogP contribution in [0.4, 0.5) is 5.82 Å². The predicted molar refractivity (Wildman–Crippen MR) is 114 cm³/mol. The van der Waals surface area contributed by atoms with E-state index in [1.165, 1.54) is 0 Å². The van der Waals surface area contributed by atoms with Crippen molar-refractivity contribution in [3.05, 3.63) is 64.0 Å². The van der Waals surface area contributed by atoms with E-state index in [1.807, 2.05) is 36.4 Å². The summed E-state index contributed by atoms with van der Waals surface area (Å²) in [5.74, 6) is -0.0266. The number of benzene rings is 2. The Bertz CT molecular complexity index is 1270. The van der Waals surface area contributed by atoms with Crippen LogP contribution in [0.3, 0.4) is 0 Å². The number of hydrogen-bond acceptors (Lipinski definition) is 6. The molecule has 2 aromatic heterocycles. The van der Waals surface area contributed by atoms with E-state index in [-0.39, 0.29) is 11.9 Å². The maximum Gasteiger partial charge on any atom is 0.291 e. The number of rotatable bonds is 6. The van der Waals surface area contributed by atoms with Gasteiger partial charge >= 0.3 is 0 Å². The maximum atomic E-state index is 12.7. The highest BCUT2D eigenvalue weighted by Crippen LogP contribution is 2.33. The maximum absolute atomic E-state index is 12.7. The second kappa shape index (κ2) is 7.56. The monoisotopic (exact) mass is 423 g/mol. The molecule has 0 saturated heterocycles. The Morgan fingerprint density at radius 3 is 2.77 bits per heavy atom. The Morgan fingerprint density at radius 1 is 1.20 bits per heavy atom. The average molecular weight is 424 g/mol. The first-order valence-corrected chi connectivity index (χ1v) is 9.89. The van der Waals surface area contributed by atoms with E-state index in [0.29, 0.717) is 22.0 Å². The van der Waals surface area contributed by atoms with E-state index < -0.39 is 12.0 Å². The topological polar surface area (TPSA) is 116 Å². The van der Waals surface area contributed by atoms with Crippen molar-refractivity contribution in [3.8, 4) is 22.5 Å². The van der Waals surface area contributed by atoms with Gasteiger partial charge in [0, 0.05) is 16.5 Å². The number of aromatic amines is 2. The van der Waals surface area contributed by atoms with E-state index in [4.69, 9.17) is 16.3 Å². The van der Waals surface area contributed by atoms with E-state index in [9.17, 15) is 9.90 Å². The minimum Gasteiger partial charge on any atom is -0.351 e. The lowest BCUT2D eigenvalue weighted by Gasteiger charge is -2.16. The van der Waals surface area contributed by atoms with Crippen molar-refractivity contribution in [2.75, 3.05) is 5.32 Å². The number of nitrogens with one attached hydrogen (secondary N) is 3. The lowest BCUT2D eigenvalue weighted by atomic mass is 10.0. The third-order valence-electron chi connectivity index (χ3n) is 4.86. The minimum atomic E-state index is -1.31. The van der Waals surface area contributed by atoms with Crippen LogP contribution in [0.15, 0.2) is 53.5 Å². The quantitative estimate of drug-likeness (QED) is 0.353. The van der Waals surface area contributed by atoms with Crippen LogP contribution in [0.5, 0.6) is 0 Å². The third kappa shape index (κ3) is 3.68. The van der Waals surface area contributed by atoms with Crippen molar-refractivity contribution < 1.29 is 9.84 Å². The molecule has 1 aliphatic rings. The first kappa shape index (κ1) is 18.8. The van der Waals surface area contributed by atoms with Gasteiger partial charge in [-0.15, -0.1) is 0 Å². The van der Waals surface area contributed by atoms with Crippen LogP contribution in [-0.2, 0) is 4.74 Å². The molecular formula is C21H18ClN5O3. The number of aliphatic hydroxyl groups excluding tert-OH is 1. The number of nitrogens with zero attached hydrogens (tertiary/aromatic N) is 2. The summed E-state index contributed by atoms with van der Waals surface area (Å²) in [4.78, 5) is 20.1. The fourth-order valence-corrected chi connectivity index (χ4v) is 3.53. The summed E-state index contributed by atoms with van der Waals surface area (Å²) in [7, 11) is 0. The Hall–Kier alpha value is -3.20. The summed E-state index contributed by atoms with van der Waals surface area (Å²) < 4.78 is 5.36. The number of ether oxygens (including phenoxy) is 1. The number of hydrogen-bond donors (Lipinski definition) is 4. The second-order valence-corrected chi connectivity index (χ2v) is 7.54. The Balaban J connectivity index is 1.63. The average Bonchev–Trinajstić information content (AvgIpc) is 3.42. The zero-order valence-electron chi connectivity index (χ0n) is 15.7. The van der Waals surface area contributed by atoms with Crippen molar-refractivity contribution in [1.29, 1.82) is 0 Å². The molecule has 2 aromatic carbocycles. The van der Waals surface area contributed by atoms with Gasteiger partial charge in [0.1, 0.15) is 0 Å². The number of aromatic nitrogens is 4. The van der Waals surface area contributed by atoms with Gasteiger partial charge in [0.2, 0.25) is 6.41 Å². The summed E-state index contributed by atoms with van der Waals surface area (Å²) >= 11 is 6.40. The van der Waals surface area contributed by atoms with E-state index in [2.05, 4.69) is 25.5 Å². The molecule has 1 aliphatic carbocycles. The van der Waals surface area contributed by atoms with E-state index in [1.54, 1.807) is 12.3 Å². The summed E-state index contributed by atoms with van der Waals surface area (Å²) in [6.07, 6.45) is 2.17. The summed E-state index contributed by atoms with van der Waals surface area (Å²) in [5.41, 5.74) is 2.78. The molecule has 1 unspecified atom stereocenters. The van der Waals surface area contributed by atoms with Gasteiger partial charge in [0.15, 0.2) is 5.82 Å². The molecule has 0 spiro atoms. The molecule has 5 rings (SSSR count). The van der Waals surface area contributed by atoms with Crippen LogP contribution in [0.1, 0.15) is 12.8 Å². The van der Waals surface area contributed by atoms with Crippen LogP contribution in [-0.4, -0.2) is 37.8 Å². The van der Waals surface area contributed by atoms with Gasteiger partial charge in [0.05, 0.1) is 34.2 Å². The Morgan fingerprint density at radius 2 is 2.00 bits per heavy atom.